The van der Waals surface area contributed by atoms with Crippen molar-refractivity contribution in [2.45, 2.75) is 115 Å². The number of carboxylic acid groups (broad SMARTS) is 1. The average molecular weight is 877 g/mol. The maximum atomic E-state index is 14.1. The maximum absolute atomic E-state index is 14.1. The number of aliphatic carboxylic acids is 1. The molecular weight excluding hydrogens is 824 g/mol. The van der Waals surface area contributed by atoms with Gasteiger partial charge in [0, 0.05) is 73.0 Å². The predicted molar refractivity (Wildman–Crippen MR) is 221 cm³/mol. The number of fused-ring (bicyclic) bond motifs is 4. The van der Waals surface area contributed by atoms with Crippen LogP contribution in [0.5, 0.6) is 0 Å². The molecule has 60 heavy (non-hydrogen) atoms. The zero-order chi connectivity index (χ0) is 43.1. The average Bonchev–Trinajstić information content (AvgIpc) is 3.38. The zero-order valence-electron chi connectivity index (χ0n) is 34.9. The molecular formula is C43H53N2NaO12S2. The van der Waals surface area contributed by atoms with E-state index in [0.29, 0.717) is 22.3 Å². The Morgan fingerprint density at radius 2 is 1.60 bits per heavy atom. The minimum absolute atomic E-state index is 0. The zero-order valence-corrected chi connectivity index (χ0v) is 38.5. The molecule has 0 saturated carbocycles. The normalized spacial score (nSPS) is 17.9. The third kappa shape index (κ3) is 11.7. The quantitative estimate of drug-likeness (QED) is 0.0382. The van der Waals surface area contributed by atoms with Crippen molar-refractivity contribution >= 4 is 65.8 Å². The van der Waals surface area contributed by atoms with E-state index in [-0.39, 0.29) is 84.9 Å². The first-order chi connectivity index (χ1) is 27.9. The number of nitrogens with zero attached hydrogens (tertiary/aromatic N) is 2. The Morgan fingerprint density at radius 3 is 2.20 bits per heavy atom. The SMILES string of the molecule is CCCCCCN(CCCCCC)c1ccc2c3c(c(=O)oc2c1)C(=O)C(/C=C/C1=[N+](CCCS(=O)(=O)[O-])c2ccc(S(=O)(=O)[O-])cc2C1(C)CCCC(=O)O)C(=O)C3.[Na+]. The Hall–Kier alpha value is -3.51. The molecule has 14 nitrogen and oxygen atoms in total. The first-order valence-corrected chi connectivity index (χ1v) is 23.4. The van der Waals surface area contributed by atoms with Crippen molar-refractivity contribution in [2.75, 3.05) is 30.3 Å². The van der Waals surface area contributed by atoms with Gasteiger partial charge in [0.25, 0.3) is 0 Å². The van der Waals surface area contributed by atoms with E-state index in [9.17, 15) is 50.2 Å². The van der Waals surface area contributed by atoms with E-state index in [1.807, 2.05) is 6.07 Å². The van der Waals surface area contributed by atoms with Crippen molar-refractivity contribution in [1.82, 2.24) is 0 Å². The summed E-state index contributed by atoms with van der Waals surface area (Å²) in [6.07, 6.45) is 11.1. The van der Waals surface area contributed by atoms with Gasteiger partial charge in [-0.3, -0.25) is 14.4 Å². The van der Waals surface area contributed by atoms with Gasteiger partial charge in [-0.1, -0.05) is 58.4 Å². The van der Waals surface area contributed by atoms with Gasteiger partial charge in [-0.25, -0.2) is 21.6 Å². The van der Waals surface area contributed by atoms with E-state index in [1.165, 1.54) is 24.3 Å². The fourth-order valence-electron chi connectivity index (χ4n) is 8.36. The molecule has 1 aliphatic carbocycles. The summed E-state index contributed by atoms with van der Waals surface area (Å²) in [7, 11) is -9.55. The van der Waals surface area contributed by atoms with Crippen LogP contribution in [0, 0.1) is 5.92 Å². The number of ketones is 2. The van der Waals surface area contributed by atoms with Crippen LogP contribution in [-0.2, 0) is 41.7 Å². The van der Waals surface area contributed by atoms with E-state index in [4.69, 9.17) is 4.42 Å². The van der Waals surface area contributed by atoms with E-state index in [0.717, 1.165) is 76.2 Å². The minimum Gasteiger partial charge on any atom is -0.748 e. The van der Waals surface area contributed by atoms with Crippen molar-refractivity contribution in [3.05, 3.63) is 75.7 Å². The summed E-state index contributed by atoms with van der Waals surface area (Å²) in [5, 5.41) is 9.90. The summed E-state index contributed by atoms with van der Waals surface area (Å²) in [6.45, 7) is 7.62. The third-order valence-corrected chi connectivity index (χ3v) is 13.1. The molecule has 2 unspecified atom stereocenters. The number of benzene rings is 2. The standard InChI is InChI=1S/C43H54N2O12S2.Na/c1-4-6-8-10-22-44(23-11-9-7-5-2)29-15-17-31-33-28-36(46)32(41(49)40(33)42(50)57-37(31)26-29)18-20-38-43(3,21-12-14-39(47)48)34-27-30(59(54,55)56)16-19-35(34)45(38)24-13-25-58(51,52)53;/h15-20,26-27,32H,4-14,21-25,28H2,1-3H3,(H2-,47,48,51,52,53,54,55,56);/q;+1/p-1/b20-18+;. The molecule has 2 atom stereocenters. The number of carbonyl (C=O) groups is 3. The van der Waals surface area contributed by atoms with Crippen LogP contribution in [0.15, 0.2) is 62.7 Å². The number of carbonyl (C=O) groups excluding carboxylic acids is 2. The van der Waals surface area contributed by atoms with E-state index < -0.39 is 65.4 Å². The largest absolute Gasteiger partial charge is 1.00 e. The molecule has 5 rings (SSSR count). The van der Waals surface area contributed by atoms with Gasteiger partial charge in [-0.2, -0.15) is 4.58 Å². The minimum atomic E-state index is -4.93. The predicted octanol–water partition coefficient (Wildman–Crippen LogP) is 3.40. The molecule has 0 bridgehead atoms. The fourth-order valence-corrected chi connectivity index (χ4v) is 9.34. The van der Waals surface area contributed by atoms with Crippen LogP contribution in [0.1, 0.15) is 119 Å². The second-order valence-corrected chi connectivity index (χ2v) is 18.6. The number of anilines is 1. The van der Waals surface area contributed by atoms with Gasteiger partial charge < -0.3 is 23.5 Å². The summed E-state index contributed by atoms with van der Waals surface area (Å²) in [5.41, 5.74) is 0.183. The van der Waals surface area contributed by atoms with E-state index in [2.05, 4.69) is 18.7 Å². The Labute approximate surface area is 373 Å². The molecule has 0 spiro atoms. The van der Waals surface area contributed by atoms with Crippen molar-refractivity contribution in [2.24, 2.45) is 5.92 Å². The number of unbranched alkanes of at least 4 members (excludes halogenated alkanes) is 6. The van der Waals surface area contributed by atoms with Gasteiger partial charge in [0.2, 0.25) is 5.69 Å². The van der Waals surface area contributed by atoms with Crippen molar-refractivity contribution in [1.29, 1.82) is 0 Å². The van der Waals surface area contributed by atoms with Crippen LogP contribution in [0.25, 0.3) is 11.0 Å². The van der Waals surface area contributed by atoms with Crippen molar-refractivity contribution in [3.63, 3.8) is 0 Å². The van der Waals surface area contributed by atoms with Crippen LogP contribution in [0.2, 0.25) is 0 Å². The van der Waals surface area contributed by atoms with E-state index >= 15 is 0 Å². The summed E-state index contributed by atoms with van der Waals surface area (Å²) in [4.78, 5) is 54.9. The first-order valence-electron chi connectivity index (χ1n) is 20.4. The summed E-state index contributed by atoms with van der Waals surface area (Å²) >= 11 is 0. The number of carboxylic acids is 1. The molecule has 3 aromatic rings. The summed E-state index contributed by atoms with van der Waals surface area (Å²) in [5.74, 6) is -4.50. The third-order valence-electron chi connectivity index (χ3n) is 11.4. The molecule has 0 radical (unpaired) electrons. The number of allylic oxidation sites excluding steroid dienone is 2. The second-order valence-electron chi connectivity index (χ2n) is 15.7. The molecule has 2 aromatic carbocycles. The van der Waals surface area contributed by atoms with Gasteiger partial charge in [-0.15, -0.1) is 0 Å². The monoisotopic (exact) mass is 876 g/mol. The van der Waals surface area contributed by atoms with Crippen LogP contribution in [-0.4, -0.2) is 84.3 Å². The van der Waals surface area contributed by atoms with Gasteiger partial charge in [0.15, 0.2) is 17.3 Å². The second kappa shape index (κ2) is 21.0. The Balaban J connectivity index is 0.00000794. The molecule has 1 aromatic heterocycles. The van der Waals surface area contributed by atoms with Gasteiger partial charge in [-0.05, 0) is 62.4 Å². The van der Waals surface area contributed by atoms with Crippen LogP contribution >= 0.6 is 0 Å². The fraction of sp³-hybridized carbons (Fsp3) is 0.512. The molecule has 2 aliphatic rings. The molecule has 320 valence electrons. The molecule has 0 fully saturated rings. The Morgan fingerprint density at radius 1 is 0.933 bits per heavy atom. The Bertz CT molecular complexity index is 2430. The van der Waals surface area contributed by atoms with E-state index in [1.54, 1.807) is 23.6 Å². The van der Waals surface area contributed by atoms with Crippen LogP contribution in [0.4, 0.5) is 11.4 Å². The molecule has 2 heterocycles. The summed E-state index contributed by atoms with van der Waals surface area (Å²) < 4.78 is 78.3. The van der Waals surface area contributed by atoms with Gasteiger partial charge in [0.05, 0.1) is 20.4 Å². The van der Waals surface area contributed by atoms with Crippen molar-refractivity contribution < 1.29 is 84.0 Å². The smallest absolute Gasteiger partial charge is 0.748 e. The van der Waals surface area contributed by atoms with Crippen LogP contribution in [0.3, 0.4) is 0 Å². The Kier molecular flexibility index (Phi) is 17.2. The number of hydrogen-bond donors (Lipinski definition) is 1. The van der Waals surface area contributed by atoms with Gasteiger partial charge >= 0.3 is 41.2 Å². The molecule has 17 heteroatoms. The molecule has 1 aliphatic heterocycles. The topological polar surface area (TPSA) is 222 Å². The molecule has 0 saturated heterocycles. The molecule has 1 N–H and O–H groups in total. The van der Waals surface area contributed by atoms with Gasteiger partial charge in [0.1, 0.15) is 33.7 Å². The number of hydrogen-bond acceptors (Lipinski definition) is 12. The number of rotatable bonds is 22. The van der Waals surface area contributed by atoms with Crippen molar-refractivity contribution in [3.8, 4) is 0 Å². The first kappa shape index (κ1) is 49.1. The van der Waals surface area contributed by atoms with Crippen LogP contribution < -0.4 is 40.1 Å². The molecule has 0 amide bonds. The number of Topliss-reactive ketones (excluding diaryl/α,β-unsaturated/α-hetero) is 2. The summed E-state index contributed by atoms with van der Waals surface area (Å²) in [6, 6.07) is 9.17. The maximum Gasteiger partial charge on any atom is 1.00 e.